The maximum atomic E-state index is 11.5. The van der Waals surface area contributed by atoms with Crippen molar-refractivity contribution in [3.05, 3.63) is 34.9 Å². The van der Waals surface area contributed by atoms with Gasteiger partial charge in [0.1, 0.15) is 6.04 Å². The third kappa shape index (κ3) is 5.71. The number of carbonyl (C=O) groups is 3. The van der Waals surface area contributed by atoms with Crippen molar-refractivity contribution >= 4 is 29.4 Å². The normalized spacial score (nSPS) is 11.7. The average molecular weight is 299 g/mol. The van der Waals surface area contributed by atoms with Gasteiger partial charge in [-0.1, -0.05) is 23.7 Å². The van der Waals surface area contributed by atoms with E-state index in [-0.39, 0.29) is 19.3 Å². The zero-order chi connectivity index (χ0) is 15.1. The monoisotopic (exact) mass is 298 g/mol. The average Bonchev–Trinajstić information content (AvgIpc) is 2.38. The first-order valence-electron chi connectivity index (χ1n) is 5.93. The number of amides is 2. The molecule has 0 heterocycles. The molecular weight excluding hydrogens is 284 g/mol. The van der Waals surface area contributed by atoms with Crippen molar-refractivity contribution in [1.29, 1.82) is 0 Å². The molecule has 2 amide bonds. The lowest BCUT2D eigenvalue weighted by atomic mass is 10.1. The molecule has 0 saturated heterocycles. The van der Waals surface area contributed by atoms with E-state index < -0.39 is 23.8 Å². The predicted octanol–water partition coefficient (Wildman–Crippen LogP) is 0.717. The first-order valence-corrected chi connectivity index (χ1v) is 6.31. The largest absolute Gasteiger partial charge is 0.481 e. The Morgan fingerprint density at radius 1 is 1.20 bits per heavy atom. The van der Waals surface area contributed by atoms with Crippen LogP contribution in [-0.4, -0.2) is 28.9 Å². The van der Waals surface area contributed by atoms with E-state index in [4.69, 9.17) is 22.4 Å². The molecule has 0 fully saturated rings. The molecule has 1 rings (SSSR count). The number of nitrogens with two attached hydrogens (primary N) is 1. The molecule has 20 heavy (non-hydrogen) atoms. The van der Waals surface area contributed by atoms with Gasteiger partial charge in [-0.05, 0) is 17.7 Å². The molecule has 0 bridgehead atoms. The summed E-state index contributed by atoms with van der Waals surface area (Å²) in [6, 6.07) is 5.91. The summed E-state index contributed by atoms with van der Waals surface area (Å²) >= 11 is 5.75. The van der Waals surface area contributed by atoms with Gasteiger partial charge >= 0.3 is 5.97 Å². The van der Waals surface area contributed by atoms with Crippen molar-refractivity contribution < 1.29 is 19.5 Å². The number of carbonyl (C=O) groups excluding carboxylic acids is 2. The molecule has 1 aromatic rings. The van der Waals surface area contributed by atoms with Gasteiger partial charge in [-0.25, -0.2) is 0 Å². The summed E-state index contributed by atoms with van der Waals surface area (Å²) in [6.45, 7) is 0. The lowest BCUT2D eigenvalue weighted by Crippen LogP contribution is -2.45. The summed E-state index contributed by atoms with van der Waals surface area (Å²) in [7, 11) is 0. The summed E-state index contributed by atoms with van der Waals surface area (Å²) in [6.07, 6.45) is -0.261. The molecule has 0 unspecified atom stereocenters. The number of hydrogen-bond acceptors (Lipinski definition) is 3. The zero-order valence-corrected chi connectivity index (χ0v) is 11.4. The second-order valence-electron chi connectivity index (χ2n) is 4.25. The summed E-state index contributed by atoms with van der Waals surface area (Å²) in [5, 5.41) is 11.5. The SMILES string of the molecule is NC(=O)[C@H](Cc1ccc(Cl)cc1)NC(=O)CCC(=O)O. The van der Waals surface area contributed by atoms with Crippen LogP contribution in [0.25, 0.3) is 0 Å². The van der Waals surface area contributed by atoms with Crippen LogP contribution in [0.1, 0.15) is 18.4 Å². The molecule has 0 aliphatic carbocycles. The van der Waals surface area contributed by atoms with E-state index >= 15 is 0 Å². The molecule has 7 heteroatoms. The number of primary amides is 1. The molecule has 0 spiro atoms. The standard InChI is InChI=1S/C13H15ClN2O4/c14-9-3-1-8(2-4-9)7-10(13(15)20)16-11(17)5-6-12(18)19/h1-4,10H,5-7H2,(H2,15,20)(H,16,17)(H,18,19)/t10-/m0/s1. The van der Waals surface area contributed by atoms with Crippen LogP contribution in [0.5, 0.6) is 0 Å². The number of nitrogens with one attached hydrogen (secondary N) is 1. The Morgan fingerprint density at radius 2 is 1.80 bits per heavy atom. The third-order valence-electron chi connectivity index (χ3n) is 2.60. The quantitative estimate of drug-likeness (QED) is 0.689. The topological polar surface area (TPSA) is 109 Å². The van der Waals surface area contributed by atoms with Gasteiger partial charge in [0, 0.05) is 17.9 Å². The number of benzene rings is 1. The number of rotatable bonds is 7. The molecule has 6 nitrogen and oxygen atoms in total. The minimum atomic E-state index is -1.08. The van der Waals surface area contributed by atoms with Gasteiger partial charge in [-0.2, -0.15) is 0 Å². The molecule has 108 valence electrons. The van der Waals surface area contributed by atoms with Gasteiger partial charge in [0.2, 0.25) is 11.8 Å². The fourth-order valence-electron chi connectivity index (χ4n) is 1.57. The van der Waals surface area contributed by atoms with Crippen LogP contribution < -0.4 is 11.1 Å². The van der Waals surface area contributed by atoms with E-state index in [1.807, 2.05) is 0 Å². The van der Waals surface area contributed by atoms with Crippen LogP contribution >= 0.6 is 11.6 Å². The van der Waals surface area contributed by atoms with Crippen molar-refractivity contribution in [1.82, 2.24) is 5.32 Å². The van der Waals surface area contributed by atoms with Crippen LogP contribution in [0, 0.1) is 0 Å². The molecule has 0 aromatic heterocycles. The van der Waals surface area contributed by atoms with Crippen molar-refractivity contribution in [2.24, 2.45) is 5.73 Å². The second-order valence-corrected chi connectivity index (χ2v) is 4.68. The van der Waals surface area contributed by atoms with E-state index in [0.717, 1.165) is 5.56 Å². The number of aliphatic carboxylic acids is 1. The zero-order valence-electron chi connectivity index (χ0n) is 10.6. The fourth-order valence-corrected chi connectivity index (χ4v) is 1.69. The third-order valence-corrected chi connectivity index (χ3v) is 2.85. The van der Waals surface area contributed by atoms with Gasteiger partial charge in [0.05, 0.1) is 6.42 Å². The lowest BCUT2D eigenvalue weighted by Gasteiger charge is -2.15. The van der Waals surface area contributed by atoms with E-state index in [0.29, 0.717) is 5.02 Å². The summed E-state index contributed by atoms with van der Waals surface area (Å²) in [4.78, 5) is 33.2. The van der Waals surface area contributed by atoms with Crippen LogP contribution in [-0.2, 0) is 20.8 Å². The van der Waals surface area contributed by atoms with Crippen LogP contribution in [0.15, 0.2) is 24.3 Å². The first kappa shape index (κ1) is 16.0. The van der Waals surface area contributed by atoms with E-state index in [1.54, 1.807) is 24.3 Å². The van der Waals surface area contributed by atoms with Gasteiger partial charge < -0.3 is 16.2 Å². The summed E-state index contributed by atoms with van der Waals surface area (Å²) < 4.78 is 0. The summed E-state index contributed by atoms with van der Waals surface area (Å²) in [5.41, 5.74) is 6.01. The highest BCUT2D eigenvalue weighted by atomic mass is 35.5. The Kier molecular flexibility index (Phi) is 5.99. The molecule has 0 aliphatic heterocycles. The minimum Gasteiger partial charge on any atom is -0.481 e. The Morgan fingerprint density at radius 3 is 2.30 bits per heavy atom. The maximum Gasteiger partial charge on any atom is 0.303 e. The van der Waals surface area contributed by atoms with E-state index in [1.165, 1.54) is 0 Å². The van der Waals surface area contributed by atoms with Crippen molar-refractivity contribution in [3.8, 4) is 0 Å². The molecule has 4 N–H and O–H groups in total. The van der Waals surface area contributed by atoms with Gasteiger partial charge in [-0.15, -0.1) is 0 Å². The highest BCUT2D eigenvalue weighted by molar-refractivity contribution is 6.30. The Bertz CT molecular complexity index is 502. The number of carboxylic acid groups (broad SMARTS) is 1. The fraction of sp³-hybridized carbons (Fsp3) is 0.308. The Balaban J connectivity index is 2.60. The number of carboxylic acids is 1. The van der Waals surface area contributed by atoms with Crippen molar-refractivity contribution in [3.63, 3.8) is 0 Å². The van der Waals surface area contributed by atoms with Crippen molar-refractivity contribution in [2.45, 2.75) is 25.3 Å². The highest BCUT2D eigenvalue weighted by Gasteiger charge is 2.18. The number of hydrogen-bond donors (Lipinski definition) is 3. The Labute approximate surface area is 120 Å². The molecule has 1 aromatic carbocycles. The van der Waals surface area contributed by atoms with Crippen LogP contribution in [0.4, 0.5) is 0 Å². The van der Waals surface area contributed by atoms with Gasteiger partial charge in [0.15, 0.2) is 0 Å². The van der Waals surface area contributed by atoms with Crippen LogP contribution in [0.2, 0.25) is 5.02 Å². The van der Waals surface area contributed by atoms with E-state index in [2.05, 4.69) is 5.32 Å². The molecule has 1 atom stereocenters. The van der Waals surface area contributed by atoms with Crippen molar-refractivity contribution in [2.75, 3.05) is 0 Å². The predicted molar refractivity (Wildman–Crippen MR) is 73.2 cm³/mol. The molecule has 0 saturated carbocycles. The second kappa shape index (κ2) is 7.49. The molecule has 0 aliphatic rings. The van der Waals surface area contributed by atoms with E-state index in [9.17, 15) is 14.4 Å². The minimum absolute atomic E-state index is 0.195. The smallest absolute Gasteiger partial charge is 0.303 e. The Hall–Kier alpha value is -2.08. The first-order chi connectivity index (χ1) is 9.38. The van der Waals surface area contributed by atoms with Gasteiger partial charge in [0.25, 0.3) is 0 Å². The maximum absolute atomic E-state index is 11.5. The summed E-state index contributed by atoms with van der Waals surface area (Å²) in [5.74, 6) is -2.28. The number of halogens is 1. The molecular formula is C13H15ClN2O4. The highest BCUT2D eigenvalue weighted by Crippen LogP contribution is 2.11. The molecule has 0 radical (unpaired) electrons. The van der Waals surface area contributed by atoms with Crippen LogP contribution in [0.3, 0.4) is 0 Å². The lowest BCUT2D eigenvalue weighted by molar-refractivity contribution is -0.139. The van der Waals surface area contributed by atoms with Gasteiger partial charge in [-0.3, -0.25) is 14.4 Å².